The number of likely N-dealkylation sites (tertiary alicyclic amines) is 2. The lowest BCUT2D eigenvalue weighted by Crippen LogP contribution is -2.57. The van der Waals surface area contributed by atoms with Gasteiger partial charge in [0, 0.05) is 24.3 Å². The lowest BCUT2D eigenvalue weighted by molar-refractivity contribution is -0.141. The van der Waals surface area contributed by atoms with E-state index in [-0.39, 0.29) is 23.8 Å². The van der Waals surface area contributed by atoms with Gasteiger partial charge in [-0.15, -0.1) is 0 Å². The number of hydrogen-bond donors (Lipinski definition) is 2. The van der Waals surface area contributed by atoms with Crippen LogP contribution in [0, 0.1) is 23.7 Å². The molecule has 4 fully saturated rings. The van der Waals surface area contributed by atoms with Crippen LogP contribution in [0.3, 0.4) is 0 Å². The molecule has 256 valence electrons. The molecule has 1 saturated carbocycles. The quantitative estimate of drug-likeness (QED) is 0.337. The maximum absolute atomic E-state index is 14.4. The maximum atomic E-state index is 14.4. The van der Waals surface area contributed by atoms with E-state index in [4.69, 9.17) is 9.47 Å². The molecule has 1 spiro atoms. The second-order valence-corrected chi connectivity index (χ2v) is 14.7. The first-order valence-electron chi connectivity index (χ1n) is 18.1. The van der Waals surface area contributed by atoms with Gasteiger partial charge in [-0.1, -0.05) is 68.3 Å². The minimum Gasteiger partial charge on any atom is -0.497 e. The van der Waals surface area contributed by atoms with Crippen molar-refractivity contribution in [3.8, 4) is 5.75 Å². The molecule has 4 aliphatic heterocycles. The van der Waals surface area contributed by atoms with Crippen molar-refractivity contribution in [3.05, 3.63) is 72.3 Å². The van der Waals surface area contributed by atoms with E-state index in [0.29, 0.717) is 29.8 Å². The molecule has 7 atom stereocenters. The number of piperidine rings is 1. The largest absolute Gasteiger partial charge is 0.497 e. The number of amides is 3. The summed E-state index contributed by atoms with van der Waals surface area (Å²) in [6, 6.07) is 17.2. The first-order valence-corrected chi connectivity index (χ1v) is 18.1. The van der Waals surface area contributed by atoms with Gasteiger partial charge in [0.05, 0.1) is 25.0 Å². The van der Waals surface area contributed by atoms with E-state index in [1.807, 2.05) is 24.3 Å². The van der Waals surface area contributed by atoms with Crippen LogP contribution < -0.4 is 15.4 Å². The summed E-state index contributed by atoms with van der Waals surface area (Å²) in [5.74, 6) is -0.390. The van der Waals surface area contributed by atoms with Crippen LogP contribution in [0.25, 0.3) is 0 Å². The number of carbonyl (C=O) groups is 3. The summed E-state index contributed by atoms with van der Waals surface area (Å²) in [5, 5.41) is 6.34. The molecule has 4 heterocycles. The van der Waals surface area contributed by atoms with Crippen LogP contribution in [-0.4, -0.2) is 84.6 Å². The zero-order valence-electron chi connectivity index (χ0n) is 28.3. The molecule has 2 aromatic carbocycles. The molecule has 1 aliphatic carbocycles. The zero-order chi connectivity index (χ0) is 33.3. The lowest BCUT2D eigenvalue weighted by Gasteiger charge is -2.36. The van der Waals surface area contributed by atoms with Crippen LogP contribution in [0.1, 0.15) is 57.4 Å². The number of rotatable bonds is 11. The highest BCUT2D eigenvalue weighted by Crippen LogP contribution is 2.55. The standard InChI is InChI=1S/C39H50N4O5/c1-26-10-6-7-15-31(26)41-37(45)35-39-19-16-32(48-39)33(36(44)40-29-13-8-14-30(25-29)47-2)34(39)38(46)43(35)21-9-20-42-22-17-28(18-23-42)24-27-11-4-3-5-12-27/h3-5,8,11-14,16,19,25-26,28,31-35H,6-7,9-10,15,17-18,20-24H2,1-2H3,(H,40,44)(H,41,45). The van der Waals surface area contributed by atoms with Crippen LogP contribution >= 0.6 is 0 Å². The molecule has 7 unspecified atom stereocenters. The third-order valence-corrected chi connectivity index (χ3v) is 11.6. The summed E-state index contributed by atoms with van der Waals surface area (Å²) in [6.07, 6.45) is 11.7. The average Bonchev–Trinajstić information content (AvgIpc) is 3.74. The zero-order valence-corrected chi connectivity index (χ0v) is 28.3. The molecular formula is C39H50N4O5. The molecule has 2 bridgehead atoms. The molecule has 9 nitrogen and oxygen atoms in total. The second-order valence-electron chi connectivity index (χ2n) is 14.7. The summed E-state index contributed by atoms with van der Waals surface area (Å²) < 4.78 is 11.9. The molecule has 2 aromatic rings. The van der Waals surface area contributed by atoms with Gasteiger partial charge in [0.15, 0.2) is 0 Å². The Kier molecular flexibility index (Phi) is 9.61. The molecule has 48 heavy (non-hydrogen) atoms. The first-order chi connectivity index (χ1) is 23.4. The third kappa shape index (κ3) is 6.39. The molecule has 5 aliphatic rings. The Morgan fingerprint density at radius 3 is 2.54 bits per heavy atom. The van der Waals surface area contributed by atoms with E-state index in [1.54, 1.807) is 24.1 Å². The molecular weight excluding hydrogens is 604 g/mol. The van der Waals surface area contributed by atoms with Gasteiger partial charge >= 0.3 is 0 Å². The summed E-state index contributed by atoms with van der Waals surface area (Å²) >= 11 is 0. The molecule has 0 radical (unpaired) electrons. The fourth-order valence-corrected chi connectivity index (χ4v) is 9.05. The predicted molar refractivity (Wildman–Crippen MR) is 184 cm³/mol. The van der Waals surface area contributed by atoms with E-state index in [2.05, 4.69) is 52.8 Å². The molecule has 7 rings (SSSR count). The van der Waals surface area contributed by atoms with Crippen LogP contribution in [0.5, 0.6) is 5.75 Å². The van der Waals surface area contributed by atoms with Crippen molar-refractivity contribution < 1.29 is 23.9 Å². The number of anilines is 1. The number of carbonyl (C=O) groups excluding carboxylic acids is 3. The highest BCUT2D eigenvalue weighted by atomic mass is 16.5. The van der Waals surface area contributed by atoms with Crippen molar-refractivity contribution in [1.82, 2.24) is 15.1 Å². The van der Waals surface area contributed by atoms with E-state index in [9.17, 15) is 14.4 Å². The van der Waals surface area contributed by atoms with Gasteiger partial charge in [-0.3, -0.25) is 14.4 Å². The SMILES string of the molecule is COc1cccc(NC(=O)C2C3C=CC4(O3)C2C(=O)N(CCCN2CCC(Cc3ccccc3)CC2)C4C(=O)NC2CCCCC2C)c1. The summed E-state index contributed by atoms with van der Waals surface area (Å²) in [4.78, 5) is 46.8. The highest BCUT2D eigenvalue weighted by molar-refractivity contribution is 6.02. The Hall–Kier alpha value is -3.69. The number of nitrogens with zero attached hydrogens (tertiary/aromatic N) is 2. The summed E-state index contributed by atoms with van der Waals surface area (Å²) in [7, 11) is 1.58. The molecule has 2 N–H and O–H groups in total. The fourth-order valence-electron chi connectivity index (χ4n) is 9.05. The normalized spacial score (nSPS) is 31.5. The van der Waals surface area contributed by atoms with Gasteiger partial charge in [-0.25, -0.2) is 0 Å². The maximum Gasteiger partial charge on any atom is 0.246 e. The number of fused-ring (bicyclic) bond motifs is 1. The van der Waals surface area contributed by atoms with Gasteiger partial charge in [-0.2, -0.15) is 0 Å². The Morgan fingerprint density at radius 1 is 0.979 bits per heavy atom. The number of ether oxygens (including phenoxy) is 2. The smallest absolute Gasteiger partial charge is 0.246 e. The summed E-state index contributed by atoms with van der Waals surface area (Å²) in [5.41, 5.74) is 0.840. The Balaban J connectivity index is 1.05. The van der Waals surface area contributed by atoms with Crippen molar-refractivity contribution >= 4 is 23.4 Å². The minimum atomic E-state index is -1.16. The number of nitrogens with one attached hydrogen (secondary N) is 2. The van der Waals surface area contributed by atoms with Gasteiger partial charge in [0.25, 0.3) is 0 Å². The van der Waals surface area contributed by atoms with Crippen LogP contribution in [0.15, 0.2) is 66.7 Å². The van der Waals surface area contributed by atoms with Crippen molar-refractivity contribution in [2.24, 2.45) is 23.7 Å². The van der Waals surface area contributed by atoms with Crippen molar-refractivity contribution in [2.45, 2.75) is 82.1 Å². The highest BCUT2D eigenvalue weighted by Gasteiger charge is 2.72. The van der Waals surface area contributed by atoms with Crippen LogP contribution in [-0.2, 0) is 25.5 Å². The van der Waals surface area contributed by atoms with Crippen molar-refractivity contribution in [3.63, 3.8) is 0 Å². The van der Waals surface area contributed by atoms with Gasteiger partial charge in [0.2, 0.25) is 17.7 Å². The number of benzene rings is 2. The lowest BCUT2D eigenvalue weighted by atomic mass is 9.74. The van der Waals surface area contributed by atoms with E-state index < -0.39 is 29.6 Å². The Bertz CT molecular complexity index is 1510. The van der Waals surface area contributed by atoms with Crippen molar-refractivity contribution in [2.75, 3.05) is 38.6 Å². The van der Waals surface area contributed by atoms with Gasteiger partial charge < -0.3 is 29.9 Å². The second kappa shape index (κ2) is 14.0. The van der Waals surface area contributed by atoms with Gasteiger partial charge in [0.1, 0.15) is 17.4 Å². The number of hydrogen-bond acceptors (Lipinski definition) is 6. The van der Waals surface area contributed by atoms with Gasteiger partial charge in [-0.05, 0) is 87.7 Å². The van der Waals surface area contributed by atoms with Crippen LogP contribution in [0.4, 0.5) is 5.69 Å². The van der Waals surface area contributed by atoms with Crippen molar-refractivity contribution in [1.29, 1.82) is 0 Å². The third-order valence-electron chi connectivity index (χ3n) is 11.6. The molecule has 3 saturated heterocycles. The predicted octanol–water partition coefficient (Wildman–Crippen LogP) is 4.82. The van der Waals surface area contributed by atoms with E-state index in [1.165, 1.54) is 12.0 Å². The summed E-state index contributed by atoms with van der Waals surface area (Å²) in [6.45, 7) is 5.60. The van der Waals surface area contributed by atoms with Crippen LogP contribution in [0.2, 0.25) is 0 Å². The monoisotopic (exact) mass is 654 g/mol. The minimum absolute atomic E-state index is 0.0746. The van der Waals surface area contributed by atoms with E-state index >= 15 is 0 Å². The number of methoxy groups -OCH3 is 1. The first kappa shape index (κ1) is 32.8. The van der Waals surface area contributed by atoms with E-state index in [0.717, 1.165) is 64.6 Å². The molecule has 0 aromatic heterocycles. The Labute approximate surface area is 284 Å². The fraction of sp³-hybridized carbons (Fsp3) is 0.564. The molecule has 9 heteroatoms. The topological polar surface area (TPSA) is 100 Å². The average molecular weight is 655 g/mol. The Morgan fingerprint density at radius 2 is 1.77 bits per heavy atom. The molecule has 3 amide bonds.